The van der Waals surface area contributed by atoms with Gasteiger partial charge >= 0.3 is 5.63 Å². The molecule has 1 atom stereocenters. The Bertz CT molecular complexity index is 1140. The molecule has 0 aliphatic carbocycles. The third-order valence-electron chi connectivity index (χ3n) is 4.61. The first-order chi connectivity index (χ1) is 13.8. The molecule has 2 amide bonds. The van der Waals surface area contributed by atoms with Crippen molar-refractivity contribution in [3.05, 3.63) is 58.4 Å². The Morgan fingerprint density at radius 1 is 1.21 bits per heavy atom. The lowest BCUT2D eigenvalue weighted by atomic mass is 9.99. The van der Waals surface area contributed by atoms with Crippen molar-refractivity contribution in [2.24, 2.45) is 5.73 Å². The molecule has 0 aliphatic rings. The van der Waals surface area contributed by atoms with E-state index in [1.165, 1.54) is 13.0 Å². The van der Waals surface area contributed by atoms with Crippen molar-refractivity contribution in [1.82, 2.24) is 10.3 Å². The van der Waals surface area contributed by atoms with Crippen LogP contribution in [-0.4, -0.2) is 36.4 Å². The number of fused-ring (bicyclic) bond motifs is 1. The molecule has 0 saturated heterocycles. The zero-order valence-electron chi connectivity index (χ0n) is 16.4. The monoisotopic (exact) mass is 394 g/mol. The van der Waals surface area contributed by atoms with Crippen molar-refractivity contribution in [3.8, 4) is 11.1 Å². The molecule has 3 aromatic rings. The van der Waals surface area contributed by atoms with Crippen LogP contribution in [0.2, 0.25) is 0 Å². The van der Waals surface area contributed by atoms with Gasteiger partial charge in [-0.25, -0.2) is 4.79 Å². The highest BCUT2D eigenvalue weighted by molar-refractivity contribution is 5.93. The number of anilines is 1. The molecule has 0 spiro atoms. The number of aryl methyl sites for hydroxylation is 1. The summed E-state index contributed by atoms with van der Waals surface area (Å²) in [5, 5.41) is 3.20. The number of primary amides is 1. The fraction of sp³-hybridized carbons (Fsp3) is 0.238. The van der Waals surface area contributed by atoms with E-state index in [1.54, 1.807) is 18.0 Å². The molecule has 0 fully saturated rings. The zero-order chi connectivity index (χ0) is 21.1. The second-order valence-corrected chi connectivity index (χ2v) is 6.86. The van der Waals surface area contributed by atoms with Crippen LogP contribution in [0.3, 0.4) is 0 Å². The molecule has 3 rings (SSSR count). The average Bonchev–Trinajstić information content (AvgIpc) is 2.67. The maximum Gasteiger partial charge on any atom is 0.338 e. The number of aromatic nitrogens is 1. The lowest BCUT2D eigenvalue weighted by Crippen LogP contribution is -2.45. The summed E-state index contributed by atoms with van der Waals surface area (Å²) in [5.74, 6) is -0.546. The first-order valence-corrected chi connectivity index (χ1v) is 9.07. The highest BCUT2D eigenvalue weighted by Crippen LogP contribution is 2.29. The van der Waals surface area contributed by atoms with Gasteiger partial charge in [0.2, 0.25) is 17.5 Å². The van der Waals surface area contributed by atoms with Gasteiger partial charge in [0.15, 0.2) is 0 Å². The number of nitrogens with zero attached hydrogens (tertiary/aromatic N) is 2. The number of hydrogen-bond acceptors (Lipinski definition) is 6. The second kappa shape index (κ2) is 8.14. The molecule has 8 nitrogen and oxygen atoms in total. The summed E-state index contributed by atoms with van der Waals surface area (Å²) in [4.78, 5) is 41.3. The van der Waals surface area contributed by atoms with Crippen molar-refractivity contribution < 1.29 is 14.0 Å². The number of likely N-dealkylation sites (N-methyl/N-ethyl adjacent to an activating group) is 1. The van der Waals surface area contributed by atoms with Crippen LogP contribution in [-0.2, 0) is 9.59 Å². The third-order valence-corrected chi connectivity index (χ3v) is 4.61. The van der Waals surface area contributed by atoms with Crippen LogP contribution >= 0.6 is 0 Å². The van der Waals surface area contributed by atoms with Crippen LogP contribution < -0.4 is 21.6 Å². The van der Waals surface area contributed by atoms with E-state index >= 15 is 0 Å². The van der Waals surface area contributed by atoms with Crippen molar-refractivity contribution >= 4 is 28.7 Å². The summed E-state index contributed by atoms with van der Waals surface area (Å²) < 4.78 is 5.30. The van der Waals surface area contributed by atoms with Crippen LogP contribution in [0.1, 0.15) is 12.5 Å². The third kappa shape index (κ3) is 4.43. The van der Waals surface area contributed by atoms with E-state index in [0.29, 0.717) is 11.2 Å². The molecule has 2 aromatic heterocycles. The second-order valence-electron chi connectivity index (χ2n) is 6.86. The lowest BCUT2D eigenvalue weighted by Gasteiger charge is -2.19. The van der Waals surface area contributed by atoms with Gasteiger partial charge in [-0.2, -0.15) is 4.98 Å². The number of rotatable bonds is 6. The van der Waals surface area contributed by atoms with Crippen LogP contribution in [0.4, 0.5) is 5.82 Å². The molecular weight excluding hydrogens is 372 g/mol. The maximum absolute atomic E-state index is 12.1. The number of nitrogens with two attached hydrogens (primary N) is 1. The molecule has 0 aliphatic heterocycles. The summed E-state index contributed by atoms with van der Waals surface area (Å²) in [5.41, 5.74) is 7.53. The average molecular weight is 394 g/mol. The minimum absolute atomic E-state index is 0.0438. The van der Waals surface area contributed by atoms with Crippen molar-refractivity contribution in [2.45, 2.75) is 19.9 Å². The molecule has 1 aromatic carbocycles. The number of hydrogen-bond donors (Lipinski definition) is 2. The topological polar surface area (TPSA) is 119 Å². The van der Waals surface area contributed by atoms with Gasteiger partial charge in [0.1, 0.15) is 11.9 Å². The van der Waals surface area contributed by atoms with Gasteiger partial charge in [0.25, 0.3) is 0 Å². The van der Waals surface area contributed by atoms with Crippen LogP contribution in [0, 0.1) is 6.92 Å². The molecule has 2 heterocycles. The van der Waals surface area contributed by atoms with E-state index in [-0.39, 0.29) is 18.2 Å². The summed E-state index contributed by atoms with van der Waals surface area (Å²) in [7, 11) is 1.67. The van der Waals surface area contributed by atoms with Crippen LogP contribution in [0.25, 0.3) is 22.2 Å². The predicted octanol–water partition coefficient (Wildman–Crippen LogP) is 1.59. The van der Waals surface area contributed by atoms with Gasteiger partial charge in [0, 0.05) is 24.1 Å². The summed E-state index contributed by atoms with van der Waals surface area (Å²) in [6.45, 7) is 3.44. The Hall–Kier alpha value is -3.68. The Morgan fingerprint density at radius 3 is 2.62 bits per heavy atom. The van der Waals surface area contributed by atoms with Crippen molar-refractivity contribution in [2.75, 3.05) is 18.5 Å². The van der Waals surface area contributed by atoms with E-state index in [2.05, 4.69) is 10.3 Å². The van der Waals surface area contributed by atoms with Gasteiger partial charge in [-0.3, -0.25) is 9.59 Å². The molecule has 8 heteroatoms. The first kappa shape index (κ1) is 20.1. The summed E-state index contributed by atoms with van der Waals surface area (Å²) >= 11 is 0. The van der Waals surface area contributed by atoms with Crippen LogP contribution in [0.5, 0.6) is 0 Å². The van der Waals surface area contributed by atoms with Crippen molar-refractivity contribution in [1.29, 1.82) is 0 Å². The van der Waals surface area contributed by atoms with Gasteiger partial charge in [-0.05, 0) is 37.1 Å². The van der Waals surface area contributed by atoms with E-state index in [4.69, 9.17) is 10.2 Å². The molecule has 3 N–H and O–H groups in total. The first-order valence-electron chi connectivity index (χ1n) is 9.07. The SMILES string of the molecule is Cc1ccccc1-c1cc(=O)oc2nc(N(C)CC(=O)N[C@@H](C)C(N)=O)ccc12. The molecular formula is C21H22N4O4. The number of benzene rings is 1. The quantitative estimate of drug-likeness (QED) is 0.655. The lowest BCUT2D eigenvalue weighted by molar-refractivity contribution is -0.126. The van der Waals surface area contributed by atoms with Crippen molar-refractivity contribution in [3.63, 3.8) is 0 Å². The largest absolute Gasteiger partial charge is 0.404 e. The highest BCUT2D eigenvalue weighted by Gasteiger charge is 2.16. The van der Waals surface area contributed by atoms with E-state index < -0.39 is 17.6 Å². The van der Waals surface area contributed by atoms with E-state index in [1.807, 2.05) is 37.3 Å². The fourth-order valence-corrected chi connectivity index (χ4v) is 3.00. The summed E-state index contributed by atoms with van der Waals surface area (Å²) in [6.07, 6.45) is 0. The normalized spacial score (nSPS) is 11.8. The maximum atomic E-state index is 12.1. The minimum Gasteiger partial charge on any atom is -0.404 e. The fourth-order valence-electron chi connectivity index (χ4n) is 3.00. The molecule has 0 radical (unpaired) electrons. The molecule has 150 valence electrons. The van der Waals surface area contributed by atoms with Gasteiger partial charge in [0.05, 0.1) is 6.54 Å². The number of carbonyl (C=O) groups is 2. The Morgan fingerprint density at radius 2 is 1.93 bits per heavy atom. The predicted molar refractivity (Wildman–Crippen MR) is 111 cm³/mol. The van der Waals surface area contributed by atoms with Gasteiger partial charge < -0.3 is 20.4 Å². The number of carbonyl (C=O) groups excluding carboxylic acids is 2. The van der Waals surface area contributed by atoms with E-state index in [9.17, 15) is 14.4 Å². The smallest absolute Gasteiger partial charge is 0.338 e. The molecule has 0 bridgehead atoms. The molecule has 29 heavy (non-hydrogen) atoms. The number of nitrogens with one attached hydrogen (secondary N) is 1. The van der Waals surface area contributed by atoms with Crippen LogP contribution in [0.15, 0.2) is 51.7 Å². The van der Waals surface area contributed by atoms with Gasteiger partial charge in [-0.1, -0.05) is 24.3 Å². The van der Waals surface area contributed by atoms with E-state index in [0.717, 1.165) is 16.7 Å². The number of pyridine rings is 1. The number of amides is 2. The molecule has 0 unspecified atom stereocenters. The Kier molecular flexibility index (Phi) is 5.63. The Labute approximate surface area is 167 Å². The zero-order valence-corrected chi connectivity index (χ0v) is 16.4. The molecule has 0 saturated carbocycles. The summed E-state index contributed by atoms with van der Waals surface area (Å²) in [6, 6.07) is 12.0. The Balaban J connectivity index is 1.93. The minimum atomic E-state index is -0.768. The highest BCUT2D eigenvalue weighted by atomic mass is 16.4. The van der Waals surface area contributed by atoms with Gasteiger partial charge in [-0.15, -0.1) is 0 Å². The standard InChI is InChI=1S/C21H22N4O4/c1-12-6-4-5-7-14(12)16-10-19(27)29-21-15(16)8-9-17(24-21)25(3)11-18(26)23-13(2)20(22)28/h4-10,13H,11H2,1-3H3,(H2,22,28)(H,23,26)/t13-/m0/s1.